The van der Waals surface area contributed by atoms with Gasteiger partial charge in [-0.25, -0.2) is 0 Å². The van der Waals surface area contributed by atoms with Crippen molar-refractivity contribution in [3.8, 4) is 11.5 Å². The lowest BCUT2D eigenvalue weighted by molar-refractivity contribution is 0.284. The van der Waals surface area contributed by atoms with Gasteiger partial charge in [-0.1, -0.05) is 42.5 Å². The maximum Gasteiger partial charge on any atom is 0.191 e. The molecule has 0 fully saturated rings. The predicted octanol–water partition coefficient (Wildman–Crippen LogP) is 4.19. The summed E-state index contributed by atoms with van der Waals surface area (Å²) in [6.07, 6.45) is 2.64. The average Bonchev–Trinajstić information content (AvgIpc) is 2.81. The Kier molecular flexibility index (Phi) is 10.6. The molecule has 3 aromatic rings. The molecule has 0 atom stereocenters. The fourth-order valence-corrected chi connectivity index (χ4v) is 2.94. The van der Waals surface area contributed by atoms with Gasteiger partial charge >= 0.3 is 0 Å². The lowest BCUT2D eigenvalue weighted by atomic mass is 10.2. The van der Waals surface area contributed by atoms with E-state index >= 15 is 0 Å². The molecule has 0 radical (unpaired) electrons. The molecule has 0 spiro atoms. The van der Waals surface area contributed by atoms with E-state index in [0.717, 1.165) is 41.5 Å². The Morgan fingerprint density at radius 3 is 2.45 bits per heavy atom. The van der Waals surface area contributed by atoms with Crippen molar-refractivity contribution < 1.29 is 9.47 Å². The molecule has 1 aromatic heterocycles. The fourth-order valence-electron chi connectivity index (χ4n) is 2.94. The Balaban J connectivity index is 0.00000341. The van der Waals surface area contributed by atoms with E-state index in [1.165, 1.54) is 0 Å². The van der Waals surface area contributed by atoms with Gasteiger partial charge in [0.05, 0.1) is 7.11 Å². The second-order valence-electron chi connectivity index (χ2n) is 6.68. The summed E-state index contributed by atoms with van der Waals surface area (Å²) < 4.78 is 11.4. The van der Waals surface area contributed by atoms with Crippen molar-refractivity contribution in [2.75, 3.05) is 20.7 Å². The zero-order valence-electron chi connectivity index (χ0n) is 17.9. The molecule has 2 aromatic carbocycles. The molecule has 3 rings (SSSR count). The minimum atomic E-state index is 0. The van der Waals surface area contributed by atoms with Crippen LogP contribution in [0, 0.1) is 0 Å². The van der Waals surface area contributed by atoms with Crippen molar-refractivity contribution in [2.45, 2.75) is 19.6 Å². The van der Waals surface area contributed by atoms with Crippen molar-refractivity contribution in [3.63, 3.8) is 0 Å². The van der Waals surface area contributed by atoms with E-state index in [-0.39, 0.29) is 24.0 Å². The molecule has 0 amide bonds. The van der Waals surface area contributed by atoms with Crippen LogP contribution in [0.25, 0.3) is 0 Å². The monoisotopic (exact) mass is 532 g/mol. The molecule has 0 aliphatic carbocycles. The Labute approximate surface area is 201 Å². The third-order valence-corrected chi connectivity index (χ3v) is 4.55. The quantitative estimate of drug-likeness (QED) is 0.246. The zero-order valence-corrected chi connectivity index (χ0v) is 20.2. The van der Waals surface area contributed by atoms with Gasteiger partial charge in [0.1, 0.15) is 6.61 Å². The number of hydrogen-bond donors (Lipinski definition) is 2. The van der Waals surface area contributed by atoms with Gasteiger partial charge in [-0.2, -0.15) is 0 Å². The van der Waals surface area contributed by atoms with E-state index in [2.05, 4.69) is 20.6 Å². The summed E-state index contributed by atoms with van der Waals surface area (Å²) in [7, 11) is 3.41. The van der Waals surface area contributed by atoms with Gasteiger partial charge in [0.15, 0.2) is 17.5 Å². The van der Waals surface area contributed by atoms with Gasteiger partial charge in [0, 0.05) is 38.4 Å². The molecule has 6 nitrogen and oxygen atoms in total. The van der Waals surface area contributed by atoms with E-state index < -0.39 is 0 Å². The van der Waals surface area contributed by atoms with Crippen LogP contribution >= 0.6 is 24.0 Å². The topological polar surface area (TPSA) is 67.8 Å². The Hall–Kier alpha value is -2.81. The number of pyridine rings is 1. The zero-order chi connectivity index (χ0) is 21.0. The van der Waals surface area contributed by atoms with Crippen molar-refractivity contribution >= 4 is 29.9 Å². The molecule has 0 aliphatic heterocycles. The highest BCUT2D eigenvalue weighted by atomic mass is 127. The van der Waals surface area contributed by atoms with Gasteiger partial charge in [-0.3, -0.25) is 9.98 Å². The minimum absolute atomic E-state index is 0. The first-order valence-electron chi connectivity index (χ1n) is 9.96. The molecule has 0 aliphatic rings. The second kappa shape index (κ2) is 13.5. The molecule has 164 valence electrons. The van der Waals surface area contributed by atoms with E-state index in [1.54, 1.807) is 14.2 Å². The number of methoxy groups -OCH3 is 1. The van der Waals surface area contributed by atoms with Crippen molar-refractivity contribution in [1.29, 1.82) is 0 Å². The number of halogens is 1. The maximum atomic E-state index is 5.92. The molecule has 0 unspecified atom stereocenters. The van der Waals surface area contributed by atoms with E-state index in [0.29, 0.717) is 18.9 Å². The number of nitrogens with one attached hydrogen (secondary N) is 2. The summed E-state index contributed by atoms with van der Waals surface area (Å²) >= 11 is 0. The van der Waals surface area contributed by atoms with Crippen LogP contribution < -0.4 is 20.1 Å². The second-order valence-corrected chi connectivity index (χ2v) is 6.68. The van der Waals surface area contributed by atoms with E-state index in [1.807, 2.05) is 72.9 Å². The highest BCUT2D eigenvalue weighted by molar-refractivity contribution is 14.0. The summed E-state index contributed by atoms with van der Waals surface area (Å²) in [5.41, 5.74) is 3.24. The fraction of sp³-hybridized carbons (Fsp3) is 0.250. The molecule has 0 saturated carbocycles. The Bertz CT molecular complexity index is 937. The van der Waals surface area contributed by atoms with Gasteiger partial charge < -0.3 is 20.1 Å². The molecule has 7 heteroatoms. The smallest absolute Gasteiger partial charge is 0.191 e. The third kappa shape index (κ3) is 8.09. The summed E-state index contributed by atoms with van der Waals surface area (Å²) in [6.45, 7) is 1.88. The largest absolute Gasteiger partial charge is 0.493 e. The number of aromatic nitrogens is 1. The molecule has 0 bridgehead atoms. The number of guanidine groups is 1. The Morgan fingerprint density at radius 2 is 1.74 bits per heavy atom. The number of rotatable bonds is 9. The summed E-state index contributed by atoms with van der Waals surface area (Å²) in [4.78, 5) is 8.61. The molecular weight excluding hydrogens is 503 g/mol. The third-order valence-electron chi connectivity index (χ3n) is 4.55. The highest BCUT2D eigenvalue weighted by Gasteiger charge is 2.07. The molecule has 2 N–H and O–H groups in total. The molecule has 1 heterocycles. The lowest BCUT2D eigenvalue weighted by Gasteiger charge is -2.14. The van der Waals surface area contributed by atoms with Crippen LogP contribution in [-0.4, -0.2) is 31.6 Å². The van der Waals surface area contributed by atoms with Crippen LogP contribution in [-0.2, 0) is 19.6 Å². The summed E-state index contributed by atoms with van der Waals surface area (Å²) in [5.74, 6) is 2.18. The number of benzene rings is 2. The van der Waals surface area contributed by atoms with E-state index in [4.69, 9.17) is 9.47 Å². The number of nitrogens with zero attached hydrogens (tertiary/aromatic N) is 2. The normalized spacial score (nSPS) is 10.7. The van der Waals surface area contributed by atoms with Crippen LogP contribution in [0.5, 0.6) is 11.5 Å². The molecule has 31 heavy (non-hydrogen) atoms. The van der Waals surface area contributed by atoms with Crippen LogP contribution in [0.2, 0.25) is 0 Å². The number of hydrogen-bond acceptors (Lipinski definition) is 4. The lowest BCUT2D eigenvalue weighted by Crippen LogP contribution is -2.37. The summed E-state index contributed by atoms with van der Waals surface area (Å²) in [6, 6.07) is 22.0. The van der Waals surface area contributed by atoms with Gasteiger partial charge in [-0.05, 0) is 35.4 Å². The van der Waals surface area contributed by atoms with E-state index in [9.17, 15) is 0 Å². The number of aliphatic imine (C=N–C) groups is 1. The van der Waals surface area contributed by atoms with Crippen LogP contribution in [0.15, 0.2) is 77.9 Å². The minimum Gasteiger partial charge on any atom is -0.493 e. The first-order chi connectivity index (χ1) is 14.8. The first kappa shape index (κ1) is 24.5. The summed E-state index contributed by atoms with van der Waals surface area (Å²) in [5, 5.41) is 6.63. The van der Waals surface area contributed by atoms with Crippen LogP contribution in [0.4, 0.5) is 0 Å². The van der Waals surface area contributed by atoms with Crippen molar-refractivity contribution in [3.05, 3.63) is 89.7 Å². The van der Waals surface area contributed by atoms with Gasteiger partial charge in [-0.15, -0.1) is 24.0 Å². The predicted molar refractivity (Wildman–Crippen MR) is 135 cm³/mol. The number of ether oxygens (including phenoxy) is 2. The van der Waals surface area contributed by atoms with Crippen molar-refractivity contribution in [2.24, 2.45) is 4.99 Å². The average molecular weight is 532 g/mol. The Morgan fingerprint density at radius 1 is 0.935 bits per heavy atom. The van der Waals surface area contributed by atoms with Crippen LogP contribution in [0.3, 0.4) is 0 Å². The highest BCUT2D eigenvalue weighted by Crippen LogP contribution is 2.28. The first-order valence-corrected chi connectivity index (χ1v) is 9.96. The van der Waals surface area contributed by atoms with Gasteiger partial charge in [0.25, 0.3) is 0 Å². The van der Waals surface area contributed by atoms with Crippen LogP contribution in [0.1, 0.15) is 16.8 Å². The van der Waals surface area contributed by atoms with Gasteiger partial charge in [0.2, 0.25) is 0 Å². The SMILES string of the molecule is CN=C(NCCc1ccccn1)NCc1ccc(OCc2ccccc2)c(OC)c1.I. The molecule has 0 saturated heterocycles. The van der Waals surface area contributed by atoms with Crippen molar-refractivity contribution in [1.82, 2.24) is 15.6 Å². The molecular formula is C24H29IN4O2. The standard InChI is InChI=1S/C24H28N4O2.HI/c1-25-24(27-15-13-21-10-6-7-14-26-21)28-17-20-11-12-22(23(16-20)29-2)30-18-19-8-4-3-5-9-19;/h3-12,14,16H,13,15,17-18H2,1-2H3,(H2,25,27,28);1H. The maximum absolute atomic E-state index is 5.92.